The Morgan fingerprint density at radius 2 is 0.800 bits per heavy atom. The van der Waals surface area contributed by atoms with Crippen molar-refractivity contribution in [1.29, 1.82) is 0 Å². The first kappa shape index (κ1) is 31.2. The molecule has 0 saturated carbocycles. The maximum Gasteiger partial charge on any atom is 0.0528 e. The van der Waals surface area contributed by atoms with Crippen LogP contribution in [-0.4, -0.2) is 4.57 Å². The fraction of sp³-hybridized carbons (Fsp3) is 0.0833. The van der Waals surface area contributed by atoms with Crippen molar-refractivity contribution in [1.82, 2.24) is 4.57 Å². The van der Waals surface area contributed by atoms with Crippen LogP contribution in [0.3, 0.4) is 0 Å². The fourth-order valence-corrected chi connectivity index (χ4v) is 6.77. The summed E-state index contributed by atoms with van der Waals surface area (Å²) in [5.74, 6) is 0. The first-order chi connectivity index (χ1) is 24.4. The van der Waals surface area contributed by atoms with Gasteiger partial charge in [-0.25, -0.2) is 0 Å². The van der Waals surface area contributed by atoms with Gasteiger partial charge in [0.2, 0.25) is 0 Å². The lowest BCUT2D eigenvalue weighted by Gasteiger charge is -2.26. The zero-order valence-electron chi connectivity index (χ0n) is 28.8. The first-order valence-corrected chi connectivity index (χ1v) is 17.3. The zero-order chi connectivity index (χ0) is 34.1. The molecule has 0 radical (unpaired) electrons. The second kappa shape index (κ2) is 13.1. The van der Waals surface area contributed by atoms with Crippen molar-refractivity contribution in [2.45, 2.75) is 26.2 Å². The molecule has 0 fully saturated rings. The number of hydrogen-bond acceptors (Lipinski definition) is 1. The third kappa shape index (κ3) is 6.24. The summed E-state index contributed by atoms with van der Waals surface area (Å²) in [5.41, 5.74) is 14.4. The van der Waals surface area contributed by atoms with E-state index in [4.69, 9.17) is 0 Å². The van der Waals surface area contributed by atoms with Gasteiger partial charge in [0.25, 0.3) is 0 Å². The van der Waals surface area contributed by atoms with Gasteiger partial charge in [-0.15, -0.1) is 0 Å². The Morgan fingerprint density at radius 3 is 1.22 bits per heavy atom. The van der Waals surface area contributed by atoms with E-state index in [1.165, 1.54) is 49.8 Å². The zero-order valence-corrected chi connectivity index (χ0v) is 28.8. The highest BCUT2D eigenvalue weighted by atomic mass is 15.1. The van der Waals surface area contributed by atoms with Crippen molar-refractivity contribution in [3.63, 3.8) is 0 Å². The average molecular weight is 645 g/mol. The molecular formula is C48H40N2. The summed E-state index contributed by atoms with van der Waals surface area (Å²) >= 11 is 0. The van der Waals surface area contributed by atoms with Gasteiger partial charge in [0.1, 0.15) is 0 Å². The molecule has 242 valence electrons. The molecule has 0 N–H and O–H groups in total. The predicted octanol–water partition coefficient (Wildman–Crippen LogP) is 13.4. The SMILES string of the molecule is CC(C)(C)c1ccc2c(ccn2-c2ccc(-c3ccc(N(c4ccc(-c5ccccc5)cc4)c4ccc(-c5ccccc5)cc4)cc3)cc2)c1. The van der Waals surface area contributed by atoms with Crippen LogP contribution in [0.1, 0.15) is 26.3 Å². The van der Waals surface area contributed by atoms with Crippen molar-refractivity contribution in [2.24, 2.45) is 0 Å². The molecule has 0 saturated heterocycles. The highest BCUT2D eigenvalue weighted by Crippen LogP contribution is 2.38. The van der Waals surface area contributed by atoms with Gasteiger partial charge in [0.05, 0.1) is 5.52 Å². The van der Waals surface area contributed by atoms with Gasteiger partial charge in [-0.1, -0.05) is 136 Å². The third-order valence-electron chi connectivity index (χ3n) is 9.63. The molecule has 2 nitrogen and oxygen atoms in total. The topological polar surface area (TPSA) is 8.17 Å². The summed E-state index contributed by atoms with van der Waals surface area (Å²) in [7, 11) is 0. The van der Waals surface area contributed by atoms with Gasteiger partial charge in [0.15, 0.2) is 0 Å². The minimum atomic E-state index is 0.129. The molecule has 0 spiro atoms. The van der Waals surface area contributed by atoms with Crippen LogP contribution in [-0.2, 0) is 5.41 Å². The summed E-state index contributed by atoms with van der Waals surface area (Å²) < 4.78 is 2.28. The molecule has 2 heteroatoms. The first-order valence-electron chi connectivity index (χ1n) is 17.3. The second-order valence-corrected chi connectivity index (χ2v) is 14.0. The summed E-state index contributed by atoms with van der Waals surface area (Å²) in [6.07, 6.45) is 2.17. The van der Waals surface area contributed by atoms with E-state index >= 15 is 0 Å². The van der Waals surface area contributed by atoms with E-state index in [0.29, 0.717) is 0 Å². The van der Waals surface area contributed by atoms with E-state index in [-0.39, 0.29) is 5.41 Å². The van der Waals surface area contributed by atoms with Crippen LogP contribution in [0.2, 0.25) is 0 Å². The molecule has 7 aromatic carbocycles. The van der Waals surface area contributed by atoms with Crippen molar-refractivity contribution in [2.75, 3.05) is 4.90 Å². The van der Waals surface area contributed by atoms with Crippen molar-refractivity contribution >= 4 is 28.0 Å². The highest BCUT2D eigenvalue weighted by Gasteiger charge is 2.16. The molecule has 1 heterocycles. The minimum Gasteiger partial charge on any atom is -0.317 e. The largest absolute Gasteiger partial charge is 0.317 e. The van der Waals surface area contributed by atoms with E-state index in [1.807, 2.05) is 0 Å². The molecule has 0 aliphatic heterocycles. The van der Waals surface area contributed by atoms with E-state index < -0.39 is 0 Å². The number of rotatable bonds is 7. The molecule has 0 aliphatic carbocycles. The quantitative estimate of drug-likeness (QED) is 0.168. The summed E-state index contributed by atoms with van der Waals surface area (Å²) in [6, 6.07) is 65.6. The Kier molecular flexibility index (Phi) is 8.14. The third-order valence-corrected chi connectivity index (χ3v) is 9.63. The molecule has 1 aromatic heterocycles. The van der Waals surface area contributed by atoms with Crippen LogP contribution in [0, 0.1) is 0 Å². The molecule has 0 amide bonds. The number of benzene rings is 7. The van der Waals surface area contributed by atoms with Gasteiger partial charge >= 0.3 is 0 Å². The lowest BCUT2D eigenvalue weighted by molar-refractivity contribution is 0.591. The lowest BCUT2D eigenvalue weighted by Crippen LogP contribution is -2.10. The Hall–Kier alpha value is -6.12. The molecule has 0 aliphatic rings. The fourth-order valence-electron chi connectivity index (χ4n) is 6.77. The number of fused-ring (bicyclic) bond motifs is 1. The second-order valence-electron chi connectivity index (χ2n) is 14.0. The van der Waals surface area contributed by atoms with Crippen LogP contribution in [0.5, 0.6) is 0 Å². The minimum absolute atomic E-state index is 0.129. The van der Waals surface area contributed by atoms with Gasteiger partial charge in [0, 0.05) is 34.3 Å². The van der Waals surface area contributed by atoms with Gasteiger partial charge in [-0.2, -0.15) is 0 Å². The number of nitrogens with zero attached hydrogens (tertiary/aromatic N) is 2. The van der Waals surface area contributed by atoms with Crippen molar-refractivity contribution in [3.05, 3.63) is 194 Å². The van der Waals surface area contributed by atoms with E-state index in [0.717, 1.165) is 22.7 Å². The van der Waals surface area contributed by atoms with Crippen LogP contribution >= 0.6 is 0 Å². The molecule has 50 heavy (non-hydrogen) atoms. The molecule has 8 rings (SSSR count). The summed E-state index contributed by atoms with van der Waals surface area (Å²) in [4.78, 5) is 2.33. The van der Waals surface area contributed by atoms with Crippen molar-refractivity contribution < 1.29 is 0 Å². The predicted molar refractivity (Wildman–Crippen MR) is 213 cm³/mol. The Bertz CT molecular complexity index is 2260. The van der Waals surface area contributed by atoms with E-state index in [9.17, 15) is 0 Å². The summed E-state index contributed by atoms with van der Waals surface area (Å²) in [5, 5.41) is 1.27. The van der Waals surface area contributed by atoms with Gasteiger partial charge < -0.3 is 9.47 Å². The average Bonchev–Trinajstić information content (AvgIpc) is 3.60. The smallest absolute Gasteiger partial charge is 0.0528 e. The van der Waals surface area contributed by atoms with Gasteiger partial charge in [-0.3, -0.25) is 0 Å². The van der Waals surface area contributed by atoms with E-state index in [2.05, 4.69) is 218 Å². The molecular weight excluding hydrogens is 605 g/mol. The van der Waals surface area contributed by atoms with E-state index in [1.54, 1.807) is 0 Å². The van der Waals surface area contributed by atoms with Crippen LogP contribution in [0.15, 0.2) is 188 Å². The monoisotopic (exact) mass is 644 g/mol. The Balaban J connectivity index is 1.09. The summed E-state index contributed by atoms with van der Waals surface area (Å²) in [6.45, 7) is 6.79. The lowest BCUT2D eigenvalue weighted by atomic mass is 9.86. The maximum atomic E-state index is 2.33. The normalized spacial score (nSPS) is 11.5. The molecule has 0 bridgehead atoms. The molecule has 8 aromatic rings. The maximum absolute atomic E-state index is 2.33. The number of aromatic nitrogens is 1. The van der Waals surface area contributed by atoms with Crippen LogP contribution < -0.4 is 4.90 Å². The van der Waals surface area contributed by atoms with Gasteiger partial charge in [-0.05, 0) is 111 Å². The molecule has 0 unspecified atom stereocenters. The highest BCUT2D eigenvalue weighted by molar-refractivity contribution is 5.84. The van der Waals surface area contributed by atoms with Crippen LogP contribution in [0.4, 0.5) is 17.1 Å². The number of anilines is 3. The van der Waals surface area contributed by atoms with Crippen molar-refractivity contribution in [3.8, 4) is 39.1 Å². The standard InChI is InChI=1S/C48H40N2/c1-48(2,3)42-22-31-47-41(34-42)32-33-49(47)43-23-14-39(15-24-43)40-20-29-46(30-21-40)50(44-25-16-37(17-26-44)35-10-6-4-7-11-35)45-27-18-38(19-28-45)36-12-8-5-9-13-36/h4-34H,1-3H3. The molecule has 0 atom stereocenters. The Morgan fingerprint density at radius 1 is 0.400 bits per heavy atom. The number of hydrogen-bond donors (Lipinski definition) is 0. The Labute approximate surface area is 295 Å². The van der Waals surface area contributed by atoms with Crippen LogP contribution in [0.25, 0.3) is 50.0 Å².